The van der Waals surface area contributed by atoms with Crippen LogP contribution in [0.4, 0.5) is 15.9 Å². The second-order valence-electron chi connectivity index (χ2n) is 3.93. The molecule has 2 rings (SSSR count). The van der Waals surface area contributed by atoms with Crippen molar-refractivity contribution in [2.75, 3.05) is 10.1 Å². The molecule has 108 valence electrons. The third kappa shape index (κ3) is 3.25. The van der Waals surface area contributed by atoms with Crippen LogP contribution in [0.1, 0.15) is 5.56 Å². The molecule has 0 fully saturated rings. The Hall–Kier alpha value is -2.70. The van der Waals surface area contributed by atoms with E-state index < -0.39 is 15.8 Å². The number of hydrogen-bond donors (Lipinski definition) is 3. The van der Waals surface area contributed by atoms with Crippen molar-refractivity contribution in [2.24, 2.45) is 5.84 Å². The third-order valence-electron chi connectivity index (χ3n) is 2.54. The maximum atomic E-state index is 13.0. The predicted molar refractivity (Wildman–Crippen MR) is 74.0 cm³/mol. The van der Waals surface area contributed by atoms with Gasteiger partial charge in [0.05, 0.1) is 16.1 Å². The Labute approximate surface area is 120 Å². The van der Waals surface area contributed by atoms with Crippen LogP contribution in [0.2, 0.25) is 0 Å². The molecule has 21 heavy (non-hydrogen) atoms. The number of nitrogens with one attached hydrogen (secondary N) is 2. The lowest BCUT2D eigenvalue weighted by Crippen LogP contribution is -2.15. The molecule has 2 aromatic rings. The largest absolute Gasteiger partial charge is 0.308 e. The van der Waals surface area contributed by atoms with Gasteiger partial charge < -0.3 is 5.43 Å². The van der Waals surface area contributed by atoms with Crippen molar-refractivity contribution < 1.29 is 12.8 Å². The summed E-state index contributed by atoms with van der Waals surface area (Å²) in [4.78, 5) is 3.70. The van der Waals surface area contributed by atoms with E-state index in [2.05, 4.69) is 15.1 Å². The lowest BCUT2D eigenvalue weighted by molar-refractivity contribution is 0.601. The first-order chi connectivity index (χ1) is 9.96. The van der Waals surface area contributed by atoms with Crippen LogP contribution in [0.5, 0.6) is 0 Å². The van der Waals surface area contributed by atoms with Crippen LogP contribution in [0.25, 0.3) is 0 Å². The number of anilines is 2. The number of benzene rings is 1. The predicted octanol–water partition coefficient (Wildman–Crippen LogP) is 1.18. The maximum Gasteiger partial charge on any atom is 0.262 e. The topological polar surface area (TPSA) is 121 Å². The van der Waals surface area contributed by atoms with Crippen LogP contribution in [0.3, 0.4) is 0 Å². The molecule has 0 saturated heterocycles. The first-order valence-corrected chi connectivity index (χ1v) is 7.10. The molecular weight excluding hydrogens is 297 g/mol. The van der Waals surface area contributed by atoms with Crippen molar-refractivity contribution >= 4 is 21.5 Å². The zero-order valence-electron chi connectivity index (χ0n) is 10.5. The summed E-state index contributed by atoms with van der Waals surface area (Å²) in [5.74, 6) is 4.70. The van der Waals surface area contributed by atoms with Crippen molar-refractivity contribution in [1.82, 2.24) is 4.98 Å². The number of nitrogens with two attached hydrogens (primary N) is 1. The quantitative estimate of drug-likeness (QED) is 0.576. The Kier molecular flexibility index (Phi) is 4.02. The summed E-state index contributed by atoms with van der Waals surface area (Å²) in [5.41, 5.74) is 2.09. The van der Waals surface area contributed by atoms with Crippen molar-refractivity contribution in [1.29, 1.82) is 5.26 Å². The van der Waals surface area contributed by atoms with Crippen LogP contribution in [-0.2, 0) is 10.0 Å². The number of aromatic nitrogens is 1. The molecule has 0 amide bonds. The fourth-order valence-electron chi connectivity index (χ4n) is 1.56. The Balaban J connectivity index is 2.40. The summed E-state index contributed by atoms with van der Waals surface area (Å²) in [6.07, 6.45) is 1.26. The average molecular weight is 307 g/mol. The zero-order chi connectivity index (χ0) is 15.5. The summed E-state index contributed by atoms with van der Waals surface area (Å²) >= 11 is 0. The summed E-state index contributed by atoms with van der Waals surface area (Å²) in [5, 5.41) is 8.90. The van der Waals surface area contributed by atoms with Gasteiger partial charge in [-0.2, -0.15) is 5.26 Å². The summed E-state index contributed by atoms with van der Waals surface area (Å²) in [7, 11) is -3.95. The second-order valence-corrected chi connectivity index (χ2v) is 5.61. The number of sulfonamides is 1. The van der Waals surface area contributed by atoms with Gasteiger partial charge >= 0.3 is 0 Å². The van der Waals surface area contributed by atoms with Gasteiger partial charge in [-0.25, -0.2) is 23.6 Å². The SMILES string of the molecule is N#Cc1cc(F)ccc1NS(=O)(=O)c1ccnc(NN)c1. The molecule has 1 aromatic carbocycles. The van der Waals surface area contributed by atoms with Crippen LogP contribution < -0.4 is 16.0 Å². The van der Waals surface area contributed by atoms with Gasteiger partial charge in [-0.1, -0.05) is 0 Å². The Morgan fingerprint density at radius 3 is 2.71 bits per heavy atom. The van der Waals surface area contributed by atoms with Gasteiger partial charge in [0.25, 0.3) is 10.0 Å². The molecule has 1 aromatic heterocycles. The van der Waals surface area contributed by atoms with Crippen LogP contribution in [0, 0.1) is 17.1 Å². The van der Waals surface area contributed by atoms with Crippen molar-refractivity contribution in [3.63, 3.8) is 0 Å². The molecule has 0 radical (unpaired) electrons. The van der Waals surface area contributed by atoms with E-state index in [4.69, 9.17) is 11.1 Å². The number of nitrogens with zero attached hydrogens (tertiary/aromatic N) is 2. The zero-order valence-corrected chi connectivity index (χ0v) is 11.4. The Morgan fingerprint density at radius 1 is 1.29 bits per heavy atom. The number of nitriles is 1. The van der Waals surface area contributed by atoms with E-state index in [0.29, 0.717) is 0 Å². The highest BCUT2D eigenvalue weighted by Crippen LogP contribution is 2.21. The fraction of sp³-hybridized carbons (Fsp3) is 0. The molecule has 0 atom stereocenters. The van der Waals surface area contributed by atoms with Gasteiger partial charge in [0, 0.05) is 12.3 Å². The number of hydrogen-bond acceptors (Lipinski definition) is 6. The Morgan fingerprint density at radius 2 is 2.05 bits per heavy atom. The molecule has 4 N–H and O–H groups in total. The van der Waals surface area contributed by atoms with Gasteiger partial charge in [0.1, 0.15) is 17.7 Å². The van der Waals surface area contributed by atoms with Crippen molar-refractivity contribution in [3.8, 4) is 6.07 Å². The monoisotopic (exact) mass is 307 g/mol. The first-order valence-electron chi connectivity index (χ1n) is 5.61. The maximum absolute atomic E-state index is 13.0. The minimum atomic E-state index is -3.95. The molecule has 0 saturated carbocycles. The molecule has 0 spiro atoms. The molecule has 1 heterocycles. The first kappa shape index (κ1) is 14.7. The molecule has 0 aliphatic carbocycles. The van der Waals surface area contributed by atoms with Gasteiger partial charge in [0.15, 0.2) is 0 Å². The molecule has 0 aliphatic heterocycles. The molecular formula is C12H10FN5O2S. The standard InChI is InChI=1S/C12H10FN5O2S/c13-9-1-2-11(8(5-9)7-14)18-21(19,20)10-3-4-16-12(6-10)17-15/h1-6,18H,15H2,(H,16,17). The summed E-state index contributed by atoms with van der Waals surface area (Å²) in [6, 6.07) is 7.37. The molecule has 7 nitrogen and oxygen atoms in total. The van der Waals surface area contributed by atoms with E-state index in [1.807, 2.05) is 0 Å². The third-order valence-corrected chi connectivity index (χ3v) is 3.90. The fourth-order valence-corrected chi connectivity index (χ4v) is 2.65. The lowest BCUT2D eigenvalue weighted by atomic mass is 10.2. The van der Waals surface area contributed by atoms with E-state index in [0.717, 1.165) is 12.1 Å². The van der Waals surface area contributed by atoms with E-state index >= 15 is 0 Å². The van der Waals surface area contributed by atoms with E-state index in [9.17, 15) is 12.8 Å². The van der Waals surface area contributed by atoms with E-state index in [1.54, 1.807) is 6.07 Å². The van der Waals surface area contributed by atoms with E-state index in [-0.39, 0.29) is 22.0 Å². The summed E-state index contributed by atoms with van der Waals surface area (Å²) in [6.45, 7) is 0. The summed E-state index contributed by atoms with van der Waals surface area (Å²) < 4.78 is 39.7. The van der Waals surface area contributed by atoms with Gasteiger partial charge in [-0.05, 0) is 24.3 Å². The molecule has 0 aliphatic rings. The van der Waals surface area contributed by atoms with E-state index in [1.165, 1.54) is 24.4 Å². The number of rotatable bonds is 4. The highest BCUT2D eigenvalue weighted by atomic mass is 32.2. The minimum absolute atomic E-state index is 0.0158. The normalized spacial score (nSPS) is 10.7. The smallest absolute Gasteiger partial charge is 0.262 e. The van der Waals surface area contributed by atoms with Crippen LogP contribution >= 0.6 is 0 Å². The van der Waals surface area contributed by atoms with Gasteiger partial charge in [-0.15, -0.1) is 0 Å². The van der Waals surface area contributed by atoms with Crippen LogP contribution in [-0.4, -0.2) is 13.4 Å². The lowest BCUT2D eigenvalue weighted by Gasteiger charge is -2.10. The molecule has 0 bridgehead atoms. The van der Waals surface area contributed by atoms with Crippen LogP contribution in [0.15, 0.2) is 41.4 Å². The van der Waals surface area contributed by atoms with Crippen molar-refractivity contribution in [3.05, 3.63) is 47.9 Å². The number of nitrogen functional groups attached to an aromatic ring is 1. The highest BCUT2D eigenvalue weighted by molar-refractivity contribution is 7.92. The average Bonchev–Trinajstić information content (AvgIpc) is 2.49. The molecule has 0 unspecified atom stereocenters. The Bertz CT molecular complexity index is 817. The molecule has 9 heteroatoms. The minimum Gasteiger partial charge on any atom is -0.308 e. The second kappa shape index (κ2) is 5.74. The highest BCUT2D eigenvalue weighted by Gasteiger charge is 2.17. The number of hydrazine groups is 1. The van der Waals surface area contributed by atoms with Crippen molar-refractivity contribution in [2.45, 2.75) is 4.90 Å². The number of pyridine rings is 1. The van der Waals surface area contributed by atoms with Gasteiger partial charge in [-0.3, -0.25) is 4.72 Å². The number of halogens is 1. The van der Waals surface area contributed by atoms with Gasteiger partial charge in [0.2, 0.25) is 0 Å².